The second kappa shape index (κ2) is 3.85. The molecule has 0 unspecified atom stereocenters. The monoisotopic (exact) mass is 249 g/mol. The molecule has 0 saturated heterocycles. The first-order valence-corrected chi connectivity index (χ1v) is 5.08. The summed E-state index contributed by atoms with van der Waals surface area (Å²) >= 11 is 0. The van der Waals surface area contributed by atoms with Crippen LogP contribution in [0.2, 0.25) is 0 Å². The minimum atomic E-state index is -5.26. The van der Waals surface area contributed by atoms with Crippen LogP contribution in [-0.2, 0) is 10.2 Å². The summed E-state index contributed by atoms with van der Waals surface area (Å²) in [6, 6.07) is 1.79. The first kappa shape index (κ1) is 12.0. The van der Waals surface area contributed by atoms with Gasteiger partial charge in [-0.3, -0.25) is 10.1 Å². The normalized spacial score (nSPS) is 11.1. The lowest BCUT2D eigenvalue weighted by atomic mass is 10.2. The Balaban J connectivity index is 3.55. The zero-order chi connectivity index (χ0) is 12.5. The number of rotatable bonds is 3. The summed E-state index contributed by atoms with van der Waals surface area (Å²) in [6.07, 6.45) is 0. The fraction of sp³-hybridized carbons (Fsp3) is 0. The highest BCUT2D eigenvalue weighted by Gasteiger charge is 2.26. The molecule has 16 heavy (non-hydrogen) atoms. The molecule has 0 heterocycles. The molecule has 0 aliphatic heterocycles. The summed E-state index contributed by atoms with van der Waals surface area (Å²) in [4.78, 5) is 18.6. The van der Waals surface area contributed by atoms with Gasteiger partial charge in [0, 0.05) is 6.07 Å². The van der Waals surface area contributed by atoms with Crippen LogP contribution in [0.1, 0.15) is 10.4 Å². The Labute approximate surface area is 88.5 Å². The van der Waals surface area contributed by atoms with E-state index in [0.29, 0.717) is 12.1 Å². The van der Waals surface area contributed by atoms with Crippen molar-refractivity contribution in [3.8, 4) is 0 Å². The molecule has 0 amide bonds. The predicted molar refractivity (Wildman–Crippen MR) is 48.3 cm³/mol. The van der Waals surface area contributed by atoms with Crippen LogP contribution in [0.15, 0.2) is 23.1 Å². The van der Waals surface area contributed by atoms with Gasteiger partial charge in [-0.05, 0) is 12.1 Å². The van der Waals surface area contributed by atoms with E-state index in [1.807, 2.05) is 0 Å². The summed E-state index contributed by atoms with van der Waals surface area (Å²) < 4.78 is 33.6. The molecule has 0 bridgehead atoms. The summed E-state index contributed by atoms with van der Waals surface area (Å²) in [6.45, 7) is 0. The van der Waals surface area contributed by atoms with E-state index in [2.05, 4.69) is 0 Å². The highest BCUT2D eigenvalue weighted by Crippen LogP contribution is 2.26. The number of carboxylic acid groups (broad SMARTS) is 1. The number of nitro groups is 1. The van der Waals surface area contributed by atoms with Gasteiger partial charge in [0.05, 0.1) is 10.5 Å². The molecule has 1 rings (SSSR count). The number of halogens is 1. The number of nitrogens with zero attached hydrogens (tertiary/aromatic N) is 1. The standard InChI is InChI=1S/C7H4FNO6S/c8-16(14,15)6-2-1-4(7(10)11)3-5(6)9(12)13/h1-3H,(H,10,11). The van der Waals surface area contributed by atoms with Crippen LogP contribution in [0.3, 0.4) is 0 Å². The molecule has 0 aliphatic rings. The van der Waals surface area contributed by atoms with Gasteiger partial charge in [0.15, 0.2) is 4.90 Å². The number of nitro benzene ring substituents is 1. The lowest BCUT2D eigenvalue weighted by Gasteiger charge is -1.99. The van der Waals surface area contributed by atoms with E-state index in [1.165, 1.54) is 0 Å². The van der Waals surface area contributed by atoms with E-state index in [9.17, 15) is 27.2 Å². The molecule has 0 atom stereocenters. The van der Waals surface area contributed by atoms with E-state index >= 15 is 0 Å². The summed E-state index contributed by atoms with van der Waals surface area (Å²) in [5, 5.41) is 18.9. The van der Waals surface area contributed by atoms with Crippen LogP contribution < -0.4 is 0 Å². The molecule has 1 N–H and O–H groups in total. The van der Waals surface area contributed by atoms with Crippen molar-refractivity contribution in [3.05, 3.63) is 33.9 Å². The fourth-order valence-electron chi connectivity index (χ4n) is 0.999. The SMILES string of the molecule is O=C(O)c1ccc(S(=O)(=O)F)c([N+](=O)[O-])c1. The molecular weight excluding hydrogens is 245 g/mol. The van der Waals surface area contributed by atoms with Gasteiger partial charge in [0.2, 0.25) is 0 Å². The zero-order valence-corrected chi connectivity index (χ0v) is 8.27. The Hall–Kier alpha value is -2.03. The fourth-order valence-corrected chi connectivity index (χ4v) is 1.61. The maximum absolute atomic E-state index is 12.6. The van der Waals surface area contributed by atoms with Gasteiger partial charge in [0.25, 0.3) is 5.69 Å². The number of hydrogen-bond donors (Lipinski definition) is 1. The second-order valence-electron chi connectivity index (χ2n) is 2.68. The average molecular weight is 249 g/mol. The number of carboxylic acids is 1. The molecule has 9 heteroatoms. The van der Waals surface area contributed by atoms with Gasteiger partial charge < -0.3 is 5.11 Å². The largest absolute Gasteiger partial charge is 0.478 e. The predicted octanol–water partition coefficient (Wildman–Crippen LogP) is 0.951. The van der Waals surface area contributed by atoms with E-state index in [4.69, 9.17) is 5.11 Å². The topological polar surface area (TPSA) is 115 Å². The average Bonchev–Trinajstić information content (AvgIpc) is 2.15. The lowest BCUT2D eigenvalue weighted by Crippen LogP contribution is -2.03. The maximum atomic E-state index is 12.6. The summed E-state index contributed by atoms with van der Waals surface area (Å²) in [7, 11) is -5.26. The molecule has 1 aromatic carbocycles. The Morgan fingerprint density at radius 3 is 2.38 bits per heavy atom. The minimum absolute atomic E-state index is 0.481. The van der Waals surface area contributed by atoms with E-state index < -0.39 is 37.3 Å². The van der Waals surface area contributed by atoms with Crippen molar-refractivity contribution in [3.63, 3.8) is 0 Å². The van der Waals surface area contributed by atoms with Crippen molar-refractivity contribution in [1.29, 1.82) is 0 Å². The zero-order valence-electron chi connectivity index (χ0n) is 7.45. The van der Waals surface area contributed by atoms with Gasteiger partial charge in [-0.15, -0.1) is 3.89 Å². The Morgan fingerprint density at radius 1 is 1.44 bits per heavy atom. The van der Waals surface area contributed by atoms with Crippen molar-refractivity contribution >= 4 is 21.9 Å². The molecule has 1 aromatic rings. The first-order valence-electron chi connectivity index (χ1n) is 3.70. The minimum Gasteiger partial charge on any atom is -0.478 e. The lowest BCUT2D eigenvalue weighted by molar-refractivity contribution is -0.387. The molecule has 0 radical (unpaired) electrons. The third-order valence-corrected chi connectivity index (χ3v) is 2.54. The van der Waals surface area contributed by atoms with Crippen molar-refractivity contribution < 1.29 is 27.1 Å². The van der Waals surface area contributed by atoms with Crippen LogP contribution in [0.5, 0.6) is 0 Å². The number of carbonyl (C=O) groups is 1. The number of hydrogen-bond acceptors (Lipinski definition) is 5. The molecule has 86 valence electrons. The quantitative estimate of drug-likeness (QED) is 0.484. The third-order valence-electron chi connectivity index (χ3n) is 1.67. The number of benzene rings is 1. The van der Waals surface area contributed by atoms with E-state index in [-0.39, 0.29) is 0 Å². The molecular formula is C7H4FNO6S. The van der Waals surface area contributed by atoms with Crippen molar-refractivity contribution in [2.24, 2.45) is 0 Å². The van der Waals surface area contributed by atoms with Crippen LogP contribution in [0.25, 0.3) is 0 Å². The summed E-state index contributed by atoms with van der Waals surface area (Å²) in [5.74, 6) is -1.48. The molecule has 0 aliphatic carbocycles. The number of aromatic carboxylic acids is 1. The van der Waals surface area contributed by atoms with Crippen molar-refractivity contribution in [2.45, 2.75) is 4.90 Å². The third kappa shape index (κ3) is 2.31. The van der Waals surface area contributed by atoms with Crippen LogP contribution in [-0.4, -0.2) is 24.4 Å². The summed E-state index contributed by atoms with van der Waals surface area (Å²) in [5.41, 5.74) is -1.61. The maximum Gasteiger partial charge on any atom is 0.338 e. The molecule has 7 nitrogen and oxygen atoms in total. The Morgan fingerprint density at radius 2 is 2.00 bits per heavy atom. The molecule has 0 spiro atoms. The smallest absolute Gasteiger partial charge is 0.338 e. The van der Waals surface area contributed by atoms with Gasteiger partial charge in [-0.25, -0.2) is 4.79 Å². The second-order valence-corrected chi connectivity index (χ2v) is 4.00. The van der Waals surface area contributed by atoms with E-state index in [0.717, 1.165) is 6.07 Å². The van der Waals surface area contributed by atoms with Crippen molar-refractivity contribution in [2.75, 3.05) is 0 Å². The van der Waals surface area contributed by atoms with Gasteiger partial charge >= 0.3 is 16.2 Å². The molecule has 0 saturated carbocycles. The van der Waals surface area contributed by atoms with Gasteiger partial charge in [-0.1, -0.05) is 0 Å². The first-order chi connectivity index (χ1) is 7.23. The Bertz CT molecular complexity index is 566. The molecule has 0 fully saturated rings. The Kier molecular flexibility index (Phi) is 2.90. The van der Waals surface area contributed by atoms with Gasteiger partial charge in [0.1, 0.15) is 0 Å². The van der Waals surface area contributed by atoms with E-state index in [1.54, 1.807) is 0 Å². The van der Waals surface area contributed by atoms with Crippen molar-refractivity contribution in [1.82, 2.24) is 0 Å². The van der Waals surface area contributed by atoms with Crippen LogP contribution in [0.4, 0.5) is 9.57 Å². The highest BCUT2D eigenvalue weighted by molar-refractivity contribution is 7.86. The molecule has 0 aromatic heterocycles. The van der Waals surface area contributed by atoms with Crippen LogP contribution in [0, 0.1) is 10.1 Å². The van der Waals surface area contributed by atoms with Crippen LogP contribution >= 0.6 is 0 Å². The highest BCUT2D eigenvalue weighted by atomic mass is 32.3. The van der Waals surface area contributed by atoms with Gasteiger partial charge in [-0.2, -0.15) is 8.42 Å².